The molecule has 0 bridgehead atoms. The van der Waals surface area contributed by atoms with Gasteiger partial charge in [-0.05, 0) is 50.3 Å². The summed E-state index contributed by atoms with van der Waals surface area (Å²) < 4.78 is 8.27. The number of hydrogen-bond donors (Lipinski definition) is 2. The predicted molar refractivity (Wildman–Crippen MR) is 197 cm³/mol. The number of benzene rings is 2. The van der Waals surface area contributed by atoms with Crippen molar-refractivity contribution in [3.63, 3.8) is 0 Å². The lowest BCUT2D eigenvalue weighted by molar-refractivity contribution is -0.119. The van der Waals surface area contributed by atoms with Crippen molar-refractivity contribution in [1.82, 2.24) is 34.3 Å². The molecule has 3 aliphatic rings. The molecule has 8 rings (SSSR count). The van der Waals surface area contributed by atoms with Crippen LogP contribution in [0.1, 0.15) is 48.7 Å². The van der Waals surface area contributed by atoms with Crippen LogP contribution < -0.4 is 26.6 Å². The normalized spacial score (nSPS) is 20.0. The van der Waals surface area contributed by atoms with Gasteiger partial charge in [-0.3, -0.25) is 23.6 Å². The molecule has 5 aromatic rings. The number of halogens is 2. The van der Waals surface area contributed by atoms with Crippen molar-refractivity contribution >= 4 is 51.6 Å². The number of hydrogen-bond acceptors (Lipinski definition) is 9. The molecule has 1 spiro atoms. The van der Waals surface area contributed by atoms with Crippen molar-refractivity contribution in [2.45, 2.75) is 50.6 Å². The highest BCUT2D eigenvalue weighted by molar-refractivity contribution is 6.39. The number of fused-ring (bicyclic) bond motifs is 2. The van der Waals surface area contributed by atoms with E-state index in [0.717, 1.165) is 54.5 Å². The fourth-order valence-electron chi connectivity index (χ4n) is 8.05. The third-order valence-corrected chi connectivity index (χ3v) is 11.4. The number of ether oxygens (including phenoxy) is 1. The van der Waals surface area contributed by atoms with Gasteiger partial charge < -0.3 is 15.4 Å². The molecule has 2 unspecified atom stereocenters. The van der Waals surface area contributed by atoms with Gasteiger partial charge >= 0.3 is 5.69 Å². The molecule has 0 radical (unpaired) electrons. The van der Waals surface area contributed by atoms with Crippen LogP contribution in [0.2, 0.25) is 10.0 Å². The zero-order chi connectivity index (χ0) is 35.8. The van der Waals surface area contributed by atoms with Gasteiger partial charge in [0.15, 0.2) is 5.65 Å². The number of carbonyl (C=O) groups excluding carboxylic acids is 1. The number of carbonyl (C=O) groups is 1. The summed E-state index contributed by atoms with van der Waals surface area (Å²) >= 11 is 14.3. The average molecular weight is 728 g/mol. The number of nitrogens with zero attached hydrogens (tertiary/aromatic N) is 6. The fraction of sp³-hybridized carbons (Fsp3) is 0.351. The SMILES string of the molecule is COc1nc(-c2cccc(-c3cccc(Nc4nc(C)nc5c4c(=O)n(C)c(=O)n5C)c3Cl)c2Cl)cc2c1C(N1CCC3(CCC(=O)N3)C1)CC2. The van der Waals surface area contributed by atoms with Gasteiger partial charge in [0.05, 0.1) is 34.1 Å². The summed E-state index contributed by atoms with van der Waals surface area (Å²) in [6.45, 7) is 3.44. The first kappa shape index (κ1) is 33.4. The summed E-state index contributed by atoms with van der Waals surface area (Å²) in [5.74, 6) is 1.35. The third kappa shape index (κ3) is 5.47. The van der Waals surface area contributed by atoms with Crippen LogP contribution in [-0.2, 0) is 25.3 Å². The van der Waals surface area contributed by atoms with Crippen LogP contribution in [0, 0.1) is 6.92 Å². The van der Waals surface area contributed by atoms with E-state index in [2.05, 4.69) is 31.6 Å². The highest BCUT2D eigenvalue weighted by Crippen LogP contribution is 2.47. The summed E-state index contributed by atoms with van der Waals surface area (Å²) in [5, 5.41) is 7.48. The van der Waals surface area contributed by atoms with Crippen LogP contribution in [0.4, 0.5) is 11.5 Å². The zero-order valence-electron chi connectivity index (χ0n) is 28.6. The Kier molecular flexibility index (Phi) is 8.16. The minimum atomic E-state index is -0.520. The van der Waals surface area contributed by atoms with Crippen LogP contribution in [0.3, 0.4) is 0 Å². The second-order valence-electron chi connectivity index (χ2n) is 13.7. The Labute approximate surface area is 303 Å². The number of aromatic nitrogens is 5. The van der Waals surface area contributed by atoms with Gasteiger partial charge in [-0.15, -0.1) is 0 Å². The molecule has 2 aliphatic heterocycles. The van der Waals surface area contributed by atoms with E-state index in [1.54, 1.807) is 27.1 Å². The molecule has 2 N–H and O–H groups in total. The smallest absolute Gasteiger partial charge is 0.332 e. The zero-order valence-corrected chi connectivity index (χ0v) is 30.2. The van der Waals surface area contributed by atoms with Crippen LogP contribution >= 0.6 is 23.2 Å². The van der Waals surface area contributed by atoms with E-state index in [0.29, 0.717) is 50.7 Å². The van der Waals surface area contributed by atoms with Gasteiger partial charge in [-0.2, -0.15) is 0 Å². The molecule has 2 atom stereocenters. The van der Waals surface area contributed by atoms with Gasteiger partial charge in [0, 0.05) is 61.9 Å². The van der Waals surface area contributed by atoms with Gasteiger partial charge in [-0.1, -0.05) is 53.5 Å². The molecule has 0 saturated carbocycles. The summed E-state index contributed by atoms with van der Waals surface area (Å²) in [6.07, 6.45) is 4.27. The molecule has 5 heterocycles. The first-order valence-corrected chi connectivity index (χ1v) is 17.7. The largest absolute Gasteiger partial charge is 0.481 e. The van der Waals surface area contributed by atoms with E-state index in [1.807, 2.05) is 30.3 Å². The minimum Gasteiger partial charge on any atom is -0.481 e. The second-order valence-corrected chi connectivity index (χ2v) is 14.4. The Hall–Kier alpha value is -4.78. The van der Waals surface area contributed by atoms with Crippen molar-refractivity contribution in [2.24, 2.45) is 14.1 Å². The highest BCUT2D eigenvalue weighted by Gasteiger charge is 2.46. The Morgan fingerprint density at radius 1 is 0.941 bits per heavy atom. The van der Waals surface area contributed by atoms with Crippen LogP contribution in [-0.4, -0.2) is 60.6 Å². The van der Waals surface area contributed by atoms with E-state index in [4.69, 9.17) is 32.9 Å². The van der Waals surface area contributed by atoms with Crippen molar-refractivity contribution in [3.05, 3.63) is 90.3 Å². The molecule has 1 aliphatic carbocycles. The molecular weight excluding hydrogens is 691 g/mol. The Bertz CT molecular complexity index is 2410. The summed E-state index contributed by atoms with van der Waals surface area (Å²) in [4.78, 5) is 54.2. The number of amides is 1. The van der Waals surface area contributed by atoms with Crippen molar-refractivity contribution in [3.8, 4) is 28.3 Å². The fourth-order valence-corrected chi connectivity index (χ4v) is 8.65. The number of anilines is 2. The first-order chi connectivity index (χ1) is 24.5. The Morgan fingerprint density at radius 3 is 2.43 bits per heavy atom. The number of aryl methyl sites for hydroxylation is 3. The van der Waals surface area contributed by atoms with Crippen molar-refractivity contribution in [1.29, 1.82) is 0 Å². The quantitative estimate of drug-likeness (QED) is 0.234. The van der Waals surface area contributed by atoms with E-state index in [1.165, 1.54) is 17.2 Å². The Balaban J connectivity index is 1.14. The molecule has 3 aromatic heterocycles. The van der Waals surface area contributed by atoms with Gasteiger partial charge in [0.2, 0.25) is 11.8 Å². The van der Waals surface area contributed by atoms with Crippen LogP contribution in [0.5, 0.6) is 5.88 Å². The van der Waals surface area contributed by atoms with E-state index in [9.17, 15) is 14.4 Å². The first-order valence-electron chi connectivity index (χ1n) is 16.9. The summed E-state index contributed by atoms with van der Waals surface area (Å²) in [5.41, 5.74) is 4.68. The molecule has 14 heteroatoms. The highest BCUT2D eigenvalue weighted by atomic mass is 35.5. The molecule has 2 saturated heterocycles. The lowest BCUT2D eigenvalue weighted by atomic mass is 9.97. The summed E-state index contributed by atoms with van der Waals surface area (Å²) in [6, 6.07) is 13.5. The maximum atomic E-state index is 13.2. The predicted octanol–water partition coefficient (Wildman–Crippen LogP) is 5.47. The monoisotopic (exact) mass is 726 g/mol. The number of methoxy groups -OCH3 is 1. The molecule has 2 fully saturated rings. The Morgan fingerprint density at radius 2 is 1.69 bits per heavy atom. The van der Waals surface area contributed by atoms with Crippen molar-refractivity contribution < 1.29 is 9.53 Å². The topological polar surface area (TPSA) is 136 Å². The standard InChI is InChI=1S/C37H36Cl2N8O4/c1-19-40-32(29-33(41-19)45(2)36(50)46(3)35(29)49)42-24-10-6-8-22(31(24)39)21-7-5-9-23(30(21)38)25-17-20-11-12-26(28(20)34(43-25)51-4)47-16-15-37(18-47)14-13-27(48)44-37/h5-10,17,26H,11-16,18H2,1-4H3,(H,44,48)(H,40,41,42). The maximum absolute atomic E-state index is 13.2. The number of pyridine rings is 1. The number of nitrogens with one attached hydrogen (secondary N) is 2. The van der Waals surface area contributed by atoms with Crippen LogP contribution in [0.25, 0.3) is 33.4 Å². The molecular formula is C37H36Cl2N8O4. The lowest BCUT2D eigenvalue weighted by Crippen LogP contribution is -2.44. The van der Waals surface area contributed by atoms with Crippen molar-refractivity contribution in [2.75, 3.05) is 25.5 Å². The second kappa shape index (κ2) is 12.5. The molecule has 12 nitrogen and oxygen atoms in total. The number of rotatable bonds is 6. The average Bonchev–Trinajstić information content (AvgIpc) is 3.84. The molecule has 51 heavy (non-hydrogen) atoms. The van der Waals surface area contributed by atoms with E-state index < -0.39 is 11.2 Å². The van der Waals surface area contributed by atoms with Gasteiger partial charge in [0.25, 0.3) is 5.56 Å². The van der Waals surface area contributed by atoms with E-state index in [-0.39, 0.29) is 34.3 Å². The van der Waals surface area contributed by atoms with Crippen LogP contribution in [0.15, 0.2) is 52.1 Å². The maximum Gasteiger partial charge on any atom is 0.332 e. The van der Waals surface area contributed by atoms with Gasteiger partial charge in [0.1, 0.15) is 17.0 Å². The third-order valence-electron chi connectivity index (χ3n) is 10.6. The minimum absolute atomic E-state index is 0.124. The summed E-state index contributed by atoms with van der Waals surface area (Å²) in [7, 11) is 4.63. The van der Waals surface area contributed by atoms with Gasteiger partial charge in [-0.25, -0.2) is 19.7 Å². The lowest BCUT2D eigenvalue weighted by Gasteiger charge is -2.28. The molecule has 2 aromatic carbocycles. The van der Waals surface area contributed by atoms with E-state index >= 15 is 0 Å². The molecule has 262 valence electrons. The molecule has 1 amide bonds. The number of likely N-dealkylation sites (tertiary alicyclic amines) is 1.